The highest BCUT2D eigenvalue weighted by atomic mass is 16.5. The number of benzene rings is 1. The molecule has 0 radical (unpaired) electrons. The molecule has 3 rings (SSSR count). The maximum absolute atomic E-state index is 5.68. The van der Waals surface area contributed by atoms with Crippen molar-refractivity contribution in [2.45, 2.75) is 6.54 Å². The first kappa shape index (κ1) is 13.9. The molecular weight excluding hydrogens is 254 g/mol. The van der Waals surface area contributed by atoms with E-state index in [0.29, 0.717) is 5.92 Å². The Morgan fingerprint density at radius 3 is 3.00 bits per heavy atom. The average molecular weight is 277 g/mol. The molecule has 2 aliphatic rings. The molecule has 0 amide bonds. The summed E-state index contributed by atoms with van der Waals surface area (Å²) in [6, 6.07) is 8.26. The normalized spacial score (nSPS) is 29.6. The van der Waals surface area contributed by atoms with Crippen molar-refractivity contribution in [1.29, 1.82) is 0 Å². The molecule has 4 nitrogen and oxygen atoms in total. The smallest absolute Gasteiger partial charge is 0.123 e. The van der Waals surface area contributed by atoms with Gasteiger partial charge in [-0.05, 0) is 6.07 Å². The van der Waals surface area contributed by atoms with Gasteiger partial charge < -0.3 is 14.2 Å². The van der Waals surface area contributed by atoms with Crippen LogP contribution in [0.15, 0.2) is 24.3 Å². The fourth-order valence-electron chi connectivity index (χ4n) is 3.63. The number of likely N-dealkylation sites (tertiary alicyclic amines) is 1. The van der Waals surface area contributed by atoms with Crippen molar-refractivity contribution in [3.05, 3.63) is 29.8 Å². The Bertz CT molecular complexity index is 465. The summed E-state index contributed by atoms with van der Waals surface area (Å²) in [6.07, 6.45) is 0. The maximum atomic E-state index is 5.68. The summed E-state index contributed by atoms with van der Waals surface area (Å²) in [5.74, 6) is 1.57. The first-order chi connectivity index (χ1) is 9.77. The number of fused-ring (bicyclic) bond motifs is 1. The summed E-state index contributed by atoms with van der Waals surface area (Å²) in [7, 11) is 3.52. The number of hydrogen-bond donors (Lipinski definition) is 0. The Kier molecular flexibility index (Phi) is 3.96. The van der Waals surface area contributed by atoms with E-state index in [0.717, 1.165) is 45.2 Å². The zero-order chi connectivity index (χ0) is 14.0. The predicted octanol–water partition coefficient (Wildman–Crippen LogP) is 1.79. The Morgan fingerprint density at radius 1 is 1.35 bits per heavy atom. The molecule has 0 N–H and O–H groups in total. The van der Waals surface area contributed by atoms with Gasteiger partial charge in [-0.25, -0.2) is 0 Å². The lowest BCUT2D eigenvalue weighted by molar-refractivity contribution is 0.0532. The minimum Gasteiger partial charge on any atom is -0.496 e. The van der Waals surface area contributed by atoms with Crippen molar-refractivity contribution in [1.82, 2.24) is 4.90 Å². The Hall–Kier alpha value is -1.10. The quantitative estimate of drug-likeness (QED) is 0.821. The monoisotopic (exact) mass is 277 g/mol. The lowest BCUT2D eigenvalue weighted by Crippen LogP contribution is -2.35. The van der Waals surface area contributed by atoms with Crippen molar-refractivity contribution in [2.75, 3.05) is 47.1 Å². The summed E-state index contributed by atoms with van der Waals surface area (Å²) in [4.78, 5) is 2.50. The minimum absolute atomic E-state index is 0.191. The van der Waals surface area contributed by atoms with E-state index < -0.39 is 0 Å². The minimum atomic E-state index is 0.191. The largest absolute Gasteiger partial charge is 0.496 e. The van der Waals surface area contributed by atoms with E-state index in [1.54, 1.807) is 14.2 Å². The Balaban J connectivity index is 1.71. The van der Waals surface area contributed by atoms with Gasteiger partial charge in [-0.15, -0.1) is 0 Å². The molecule has 2 heterocycles. The molecular formula is C16H23NO3. The third kappa shape index (κ3) is 2.43. The molecule has 2 fully saturated rings. The van der Waals surface area contributed by atoms with Crippen molar-refractivity contribution >= 4 is 0 Å². The summed E-state index contributed by atoms with van der Waals surface area (Å²) in [5, 5.41) is 0. The predicted molar refractivity (Wildman–Crippen MR) is 76.9 cm³/mol. The molecule has 0 saturated carbocycles. The molecule has 0 spiro atoms. The van der Waals surface area contributed by atoms with Crippen LogP contribution in [0.2, 0.25) is 0 Å². The second-order valence-corrected chi connectivity index (χ2v) is 5.99. The van der Waals surface area contributed by atoms with Gasteiger partial charge in [0.25, 0.3) is 0 Å². The molecule has 0 aliphatic carbocycles. The molecule has 1 aromatic rings. The second kappa shape index (κ2) is 5.72. The lowest BCUT2D eigenvalue weighted by Gasteiger charge is -2.26. The van der Waals surface area contributed by atoms with E-state index in [4.69, 9.17) is 14.2 Å². The second-order valence-electron chi connectivity index (χ2n) is 5.99. The van der Waals surface area contributed by atoms with E-state index in [1.165, 1.54) is 5.56 Å². The van der Waals surface area contributed by atoms with Gasteiger partial charge in [0.05, 0.1) is 26.9 Å². The number of ether oxygens (including phenoxy) is 3. The van der Waals surface area contributed by atoms with Gasteiger partial charge in [-0.3, -0.25) is 4.90 Å². The van der Waals surface area contributed by atoms with Crippen LogP contribution >= 0.6 is 0 Å². The topological polar surface area (TPSA) is 30.9 Å². The van der Waals surface area contributed by atoms with Gasteiger partial charge in [0.1, 0.15) is 5.75 Å². The first-order valence-electron chi connectivity index (χ1n) is 7.18. The van der Waals surface area contributed by atoms with E-state index in [1.807, 2.05) is 12.1 Å². The van der Waals surface area contributed by atoms with Crippen LogP contribution in [0.5, 0.6) is 5.75 Å². The van der Waals surface area contributed by atoms with Crippen LogP contribution in [-0.4, -0.2) is 52.0 Å². The highest BCUT2D eigenvalue weighted by Gasteiger charge is 2.50. The van der Waals surface area contributed by atoms with Gasteiger partial charge in [-0.2, -0.15) is 0 Å². The van der Waals surface area contributed by atoms with Crippen molar-refractivity contribution in [2.24, 2.45) is 11.3 Å². The van der Waals surface area contributed by atoms with Gasteiger partial charge in [0.2, 0.25) is 0 Å². The lowest BCUT2D eigenvalue weighted by atomic mass is 9.82. The summed E-state index contributed by atoms with van der Waals surface area (Å²) in [5.41, 5.74) is 1.44. The zero-order valence-corrected chi connectivity index (χ0v) is 12.3. The maximum Gasteiger partial charge on any atom is 0.123 e. The fourth-order valence-corrected chi connectivity index (χ4v) is 3.63. The van der Waals surface area contributed by atoms with Crippen LogP contribution in [0.3, 0.4) is 0 Å². The van der Waals surface area contributed by atoms with Crippen molar-refractivity contribution in [3.8, 4) is 5.75 Å². The fraction of sp³-hybridized carbons (Fsp3) is 0.625. The molecule has 0 unspecified atom stereocenters. The van der Waals surface area contributed by atoms with Crippen molar-refractivity contribution in [3.63, 3.8) is 0 Å². The van der Waals surface area contributed by atoms with E-state index >= 15 is 0 Å². The molecule has 2 aliphatic heterocycles. The Labute approximate surface area is 120 Å². The highest BCUT2D eigenvalue weighted by Crippen LogP contribution is 2.42. The van der Waals surface area contributed by atoms with E-state index in [2.05, 4.69) is 17.0 Å². The molecule has 1 aromatic carbocycles. The third-order valence-corrected chi connectivity index (χ3v) is 4.61. The number of nitrogens with zero attached hydrogens (tertiary/aromatic N) is 1. The Morgan fingerprint density at radius 2 is 2.20 bits per heavy atom. The van der Waals surface area contributed by atoms with E-state index in [9.17, 15) is 0 Å². The van der Waals surface area contributed by atoms with Gasteiger partial charge in [0.15, 0.2) is 0 Å². The van der Waals surface area contributed by atoms with Gasteiger partial charge in [0, 0.05) is 43.6 Å². The standard InChI is InChI=1S/C16H23NO3/c1-18-11-16-10-17(8-14(16)9-20-12-16)7-13-5-3-4-6-15(13)19-2/h3-6,14H,7-12H2,1-2H3/t14-,16-/m1/s1. The number of rotatable bonds is 5. The summed E-state index contributed by atoms with van der Waals surface area (Å²) in [6.45, 7) is 5.55. The molecule has 2 atom stereocenters. The molecule has 4 heteroatoms. The van der Waals surface area contributed by atoms with Gasteiger partial charge >= 0.3 is 0 Å². The van der Waals surface area contributed by atoms with Crippen molar-refractivity contribution < 1.29 is 14.2 Å². The average Bonchev–Trinajstić information content (AvgIpc) is 2.96. The van der Waals surface area contributed by atoms with E-state index in [-0.39, 0.29) is 5.41 Å². The highest BCUT2D eigenvalue weighted by molar-refractivity contribution is 5.33. The number of methoxy groups -OCH3 is 2. The molecule has 2 saturated heterocycles. The SMILES string of the molecule is COC[C@]12COC[C@H]1CN(Cc1ccccc1OC)C2. The molecule has 0 bridgehead atoms. The van der Waals surface area contributed by atoms with Crippen LogP contribution in [0, 0.1) is 11.3 Å². The van der Waals surface area contributed by atoms with Crippen LogP contribution in [0.1, 0.15) is 5.56 Å². The molecule has 110 valence electrons. The molecule has 20 heavy (non-hydrogen) atoms. The number of para-hydroxylation sites is 1. The third-order valence-electron chi connectivity index (χ3n) is 4.61. The van der Waals surface area contributed by atoms with Crippen LogP contribution in [0.25, 0.3) is 0 Å². The van der Waals surface area contributed by atoms with Gasteiger partial charge in [-0.1, -0.05) is 18.2 Å². The number of hydrogen-bond acceptors (Lipinski definition) is 4. The van der Waals surface area contributed by atoms with Crippen LogP contribution in [0.4, 0.5) is 0 Å². The zero-order valence-electron chi connectivity index (χ0n) is 12.3. The summed E-state index contributed by atoms with van der Waals surface area (Å²) >= 11 is 0. The first-order valence-corrected chi connectivity index (χ1v) is 7.18. The van der Waals surface area contributed by atoms with Crippen LogP contribution in [-0.2, 0) is 16.0 Å². The van der Waals surface area contributed by atoms with Crippen LogP contribution < -0.4 is 4.74 Å². The molecule has 0 aromatic heterocycles. The summed E-state index contributed by atoms with van der Waals surface area (Å²) < 4.78 is 16.6.